The number of hydrazine groups is 1. The maximum atomic E-state index is 5.43. The Morgan fingerprint density at radius 1 is 1.35 bits per heavy atom. The highest BCUT2D eigenvalue weighted by atomic mass is 15.3. The second-order valence-electron chi connectivity index (χ2n) is 4.56. The molecule has 0 unspecified atom stereocenters. The van der Waals surface area contributed by atoms with Gasteiger partial charge in [-0.3, -0.25) is 0 Å². The van der Waals surface area contributed by atoms with E-state index in [2.05, 4.69) is 27.6 Å². The maximum Gasteiger partial charge on any atom is 0.148 e. The number of nitrogens with zero attached hydrogens (tertiary/aromatic N) is 2. The van der Waals surface area contributed by atoms with Gasteiger partial charge in [0.05, 0.1) is 0 Å². The highest BCUT2D eigenvalue weighted by molar-refractivity contribution is 5.56. The van der Waals surface area contributed by atoms with Crippen LogP contribution >= 0.6 is 0 Å². The fraction of sp³-hybridized carbons (Fsp3) is 0.667. The minimum absolute atomic E-state index is 0.716. The summed E-state index contributed by atoms with van der Waals surface area (Å²) < 4.78 is 0. The van der Waals surface area contributed by atoms with Crippen LogP contribution in [-0.2, 0) is 6.42 Å². The van der Waals surface area contributed by atoms with E-state index < -0.39 is 0 Å². The van der Waals surface area contributed by atoms with E-state index in [4.69, 9.17) is 5.84 Å². The molecule has 1 heterocycles. The SMILES string of the molecule is CCc1c(NN)ncnc1NCCC1CCC1. The third kappa shape index (κ3) is 2.85. The number of hydrogen-bond acceptors (Lipinski definition) is 5. The third-order valence-electron chi connectivity index (χ3n) is 3.51. The highest BCUT2D eigenvalue weighted by Gasteiger charge is 2.17. The molecule has 1 aromatic rings. The molecule has 1 saturated carbocycles. The van der Waals surface area contributed by atoms with E-state index in [1.807, 2.05) is 0 Å². The number of nitrogens with two attached hydrogens (primary N) is 1. The fourth-order valence-electron chi connectivity index (χ4n) is 2.20. The number of hydrogen-bond donors (Lipinski definition) is 3. The van der Waals surface area contributed by atoms with Crippen molar-refractivity contribution in [2.45, 2.75) is 39.0 Å². The van der Waals surface area contributed by atoms with Gasteiger partial charge in [-0.25, -0.2) is 15.8 Å². The van der Waals surface area contributed by atoms with Crippen molar-refractivity contribution in [3.8, 4) is 0 Å². The molecule has 0 aliphatic heterocycles. The lowest BCUT2D eigenvalue weighted by Gasteiger charge is -2.25. The van der Waals surface area contributed by atoms with Crippen molar-refractivity contribution >= 4 is 11.6 Å². The van der Waals surface area contributed by atoms with Gasteiger partial charge in [0.15, 0.2) is 0 Å². The fourth-order valence-corrected chi connectivity index (χ4v) is 2.20. The number of anilines is 2. The minimum atomic E-state index is 0.716. The molecular formula is C12H21N5. The van der Waals surface area contributed by atoms with Crippen molar-refractivity contribution in [2.24, 2.45) is 11.8 Å². The van der Waals surface area contributed by atoms with E-state index in [9.17, 15) is 0 Å². The van der Waals surface area contributed by atoms with Crippen LogP contribution in [0.15, 0.2) is 6.33 Å². The number of aromatic nitrogens is 2. The normalized spacial score (nSPS) is 15.4. The molecule has 0 bridgehead atoms. The van der Waals surface area contributed by atoms with Crippen LogP contribution in [0.3, 0.4) is 0 Å². The standard InChI is InChI=1S/C12H21N5/c1-2-10-11(15-8-16-12(10)17-13)14-7-6-9-4-3-5-9/h8-9H,2-7,13H2,1H3,(H2,14,15,16,17). The first-order chi connectivity index (χ1) is 8.35. The van der Waals surface area contributed by atoms with Crippen molar-refractivity contribution in [3.63, 3.8) is 0 Å². The van der Waals surface area contributed by atoms with Gasteiger partial charge in [0.1, 0.15) is 18.0 Å². The van der Waals surface area contributed by atoms with Crippen molar-refractivity contribution in [3.05, 3.63) is 11.9 Å². The molecule has 0 saturated heterocycles. The first-order valence-electron chi connectivity index (χ1n) is 6.39. The van der Waals surface area contributed by atoms with Gasteiger partial charge in [-0.2, -0.15) is 0 Å². The third-order valence-corrected chi connectivity index (χ3v) is 3.51. The molecule has 1 aliphatic carbocycles. The predicted molar refractivity (Wildman–Crippen MR) is 69.7 cm³/mol. The van der Waals surface area contributed by atoms with Crippen molar-refractivity contribution in [1.29, 1.82) is 0 Å². The molecule has 94 valence electrons. The van der Waals surface area contributed by atoms with E-state index in [-0.39, 0.29) is 0 Å². The lowest BCUT2D eigenvalue weighted by Crippen LogP contribution is -2.18. The molecule has 0 spiro atoms. The molecule has 17 heavy (non-hydrogen) atoms. The van der Waals surface area contributed by atoms with E-state index in [1.165, 1.54) is 25.7 Å². The lowest BCUT2D eigenvalue weighted by molar-refractivity contribution is 0.303. The Labute approximate surface area is 102 Å². The van der Waals surface area contributed by atoms with Gasteiger partial charge in [-0.1, -0.05) is 26.2 Å². The number of nitrogen functional groups attached to an aromatic ring is 1. The summed E-state index contributed by atoms with van der Waals surface area (Å²) in [5.74, 6) is 7.98. The summed E-state index contributed by atoms with van der Waals surface area (Å²) in [4.78, 5) is 8.39. The van der Waals surface area contributed by atoms with Crippen LogP contribution in [0.4, 0.5) is 11.6 Å². The summed E-state index contributed by atoms with van der Waals surface area (Å²) in [7, 11) is 0. The number of rotatable bonds is 6. The Bertz CT molecular complexity index is 362. The molecular weight excluding hydrogens is 214 g/mol. The summed E-state index contributed by atoms with van der Waals surface area (Å²) >= 11 is 0. The van der Waals surface area contributed by atoms with Gasteiger partial charge in [-0.15, -0.1) is 0 Å². The monoisotopic (exact) mass is 235 g/mol. The van der Waals surface area contributed by atoms with Crippen molar-refractivity contribution < 1.29 is 0 Å². The van der Waals surface area contributed by atoms with Crippen molar-refractivity contribution in [2.75, 3.05) is 17.3 Å². The topological polar surface area (TPSA) is 75.9 Å². The van der Waals surface area contributed by atoms with Gasteiger partial charge < -0.3 is 10.7 Å². The molecule has 1 fully saturated rings. The van der Waals surface area contributed by atoms with Crippen LogP contribution in [-0.4, -0.2) is 16.5 Å². The molecule has 4 N–H and O–H groups in total. The maximum absolute atomic E-state index is 5.43. The second-order valence-corrected chi connectivity index (χ2v) is 4.56. The summed E-state index contributed by atoms with van der Waals surface area (Å²) in [6.45, 7) is 3.06. The molecule has 0 amide bonds. The Hall–Kier alpha value is -1.36. The Morgan fingerprint density at radius 3 is 2.71 bits per heavy atom. The molecule has 5 heteroatoms. The van der Waals surface area contributed by atoms with Crippen LogP contribution in [0.5, 0.6) is 0 Å². The Morgan fingerprint density at radius 2 is 2.12 bits per heavy atom. The van der Waals surface area contributed by atoms with E-state index in [1.54, 1.807) is 6.33 Å². The van der Waals surface area contributed by atoms with E-state index >= 15 is 0 Å². The predicted octanol–water partition coefficient (Wildman–Crippen LogP) is 1.93. The van der Waals surface area contributed by atoms with E-state index in [0.29, 0.717) is 5.82 Å². The number of nitrogens with one attached hydrogen (secondary N) is 2. The lowest BCUT2D eigenvalue weighted by atomic mass is 9.83. The van der Waals surface area contributed by atoms with Crippen LogP contribution in [0.1, 0.15) is 38.2 Å². The summed E-state index contributed by atoms with van der Waals surface area (Å²) in [5, 5.41) is 3.39. The molecule has 0 radical (unpaired) electrons. The second kappa shape index (κ2) is 5.82. The average Bonchev–Trinajstić information content (AvgIpc) is 2.31. The van der Waals surface area contributed by atoms with Crippen LogP contribution in [0.2, 0.25) is 0 Å². The average molecular weight is 235 g/mol. The molecule has 1 aliphatic rings. The molecule has 1 aromatic heterocycles. The molecule has 0 aromatic carbocycles. The quantitative estimate of drug-likeness (QED) is 0.519. The van der Waals surface area contributed by atoms with Crippen molar-refractivity contribution in [1.82, 2.24) is 9.97 Å². The summed E-state index contributed by atoms with van der Waals surface area (Å²) in [5.41, 5.74) is 3.68. The zero-order valence-corrected chi connectivity index (χ0v) is 10.4. The van der Waals surface area contributed by atoms with Gasteiger partial charge in [-0.05, 0) is 18.8 Å². The first kappa shape index (κ1) is 12.1. The zero-order chi connectivity index (χ0) is 12.1. The van der Waals surface area contributed by atoms with Gasteiger partial charge in [0.2, 0.25) is 0 Å². The largest absolute Gasteiger partial charge is 0.370 e. The Balaban J connectivity index is 1.93. The van der Waals surface area contributed by atoms with Crippen LogP contribution in [0.25, 0.3) is 0 Å². The van der Waals surface area contributed by atoms with Crippen LogP contribution < -0.4 is 16.6 Å². The van der Waals surface area contributed by atoms with Gasteiger partial charge in [0, 0.05) is 12.1 Å². The first-order valence-corrected chi connectivity index (χ1v) is 6.39. The van der Waals surface area contributed by atoms with Gasteiger partial charge >= 0.3 is 0 Å². The molecule has 5 nitrogen and oxygen atoms in total. The molecule has 0 atom stereocenters. The Kier molecular flexibility index (Phi) is 4.14. The van der Waals surface area contributed by atoms with Crippen LogP contribution in [0, 0.1) is 5.92 Å². The minimum Gasteiger partial charge on any atom is -0.370 e. The smallest absolute Gasteiger partial charge is 0.148 e. The highest BCUT2D eigenvalue weighted by Crippen LogP contribution is 2.29. The summed E-state index contributed by atoms with van der Waals surface area (Å²) in [6, 6.07) is 0. The summed E-state index contributed by atoms with van der Waals surface area (Å²) in [6.07, 6.45) is 7.83. The zero-order valence-electron chi connectivity index (χ0n) is 10.4. The molecule has 2 rings (SSSR count). The van der Waals surface area contributed by atoms with Gasteiger partial charge in [0.25, 0.3) is 0 Å². The van der Waals surface area contributed by atoms with E-state index in [0.717, 1.165) is 30.3 Å².